The Morgan fingerprint density at radius 2 is 1.81 bits per heavy atom. The summed E-state index contributed by atoms with van der Waals surface area (Å²) in [5.41, 5.74) is 0.162. The number of halogens is 4. The molecule has 0 atom stereocenters. The summed E-state index contributed by atoms with van der Waals surface area (Å²) in [5, 5.41) is 5.88. The Bertz CT molecular complexity index is 623. The van der Waals surface area contributed by atoms with Crippen molar-refractivity contribution < 1.29 is 18.0 Å². The Morgan fingerprint density at radius 1 is 1.12 bits per heavy atom. The molecule has 0 spiro atoms. The van der Waals surface area contributed by atoms with E-state index in [0.717, 1.165) is 31.4 Å². The van der Waals surface area contributed by atoms with Crippen molar-refractivity contribution in [2.75, 3.05) is 6.54 Å². The summed E-state index contributed by atoms with van der Waals surface area (Å²) in [5.74, 6) is -4.16. The van der Waals surface area contributed by atoms with Crippen molar-refractivity contribution in [1.29, 1.82) is 0 Å². The van der Waals surface area contributed by atoms with E-state index in [2.05, 4.69) is 10.6 Å². The third-order valence-electron chi connectivity index (χ3n) is 5.43. The van der Waals surface area contributed by atoms with Gasteiger partial charge in [-0.1, -0.05) is 30.9 Å². The Kier molecular flexibility index (Phi) is 6.13. The molecule has 1 aromatic carbocycles. The van der Waals surface area contributed by atoms with Gasteiger partial charge in [-0.3, -0.25) is 4.79 Å². The number of carbonyl (C=O) groups excluding carboxylic acids is 1. The second-order valence-corrected chi connectivity index (χ2v) is 7.91. The highest BCUT2D eigenvalue weighted by molar-refractivity contribution is 6.31. The highest BCUT2D eigenvalue weighted by Crippen LogP contribution is 2.36. The minimum Gasteiger partial charge on any atom is -0.349 e. The SMILES string of the molecule is O=C(N[C@H]1C[C@H](NCC(F)(F)C2CCCCC2)C1)c1cc(F)cc(Cl)c1. The van der Waals surface area contributed by atoms with E-state index in [-0.39, 0.29) is 29.2 Å². The smallest absolute Gasteiger partial charge is 0.263 e. The fraction of sp³-hybridized carbons (Fsp3) is 0.632. The quantitative estimate of drug-likeness (QED) is 0.750. The van der Waals surface area contributed by atoms with Crippen molar-refractivity contribution in [3.05, 3.63) is 34.6 Å². The summed E-state index contributed by atoms with van der Waals surface area (Å²) in [6.45, 7) is -0.303. The van der Waals surface area contributed by atoms with E-state index in [1.54, 1.807) is 0 Å². The van der Waals surface area contributed by atoms with Gasteiger partial charge < -0.3 is 10.6 Å². The minimum atomic E-state index is -2.67. The van der Waals surface area contributed by atoms with Crippen molar-refractivity contribution in [3.63, 3.8) is 0 Å². The van der Waals surface area contributed by atoms with Crippen LogP contribution in [-0.2, 0) is 0 Å². The van der Waals surface area contributed by atoms with Crippen molar-refractivity contribution in [3.8, 4) is 0 Å². The summed E-state index contributed by atoms with van der Waals surface area (Å²) >= 11 is 5.75. The number of amides is 1. The lowest BCUT2D eigenvalue weighted by molar-refractivity contribution is -0.0719. The zero-order valence-corrected chi connectivity index (χ0v) is 15.3. The van der Waals surface area contributed by atoms with Crippen LogP contribution in [0.2, 0.25) is 5.02 Å². The molecule has 1 aromatic rings. The van der Waals surface area contributed by atoms with Crippen LogP contribution in [0, 0.1) is 11.7 Å². The predicted octanol–water partition coefficient (Wildman–Crippen LogP) is 4.55. The molecule has 7 heteroatoms. The summed E-state index contributed by atoms with van der Waals surface area (Å²) in [6.07, 6.45) is 5.23. The highest BCUT2D eigenvalue weighted by Gasteiger charge is 2.41. The molecule has 2 N–H and O–H groups in total. The van der Waals surface area contributed by atoms with Crippen LogP contribution in [0.1, 0.15) is 55.3 Å². The Morgan fingerprint density at radius 3 is 2.46 bits per heavy atom. The van der Waals surface area contributed by atoms with Crippen molar-refractivity contribution in [1.82, 2.24) is 10.6 Å². The van der Waals surface area contributed by atoms with E-state index in [1.165, 1.54) is 6.07 Å². The van der Waals surface area contributed by atoms with Crippen LogP contribution in [0.4, 0.5) is 13.2 Å². The van der Waals surface area contributed by atoms with Crippen LogP contribution < -0.4 is 10.6 Å². The summed E-state index contributed by atoms with van der Waals surface area (Å²) in [4.78, 5) is 12.1. The van der Waals surface area contributed by atoms with E-state index in [4.69, 9.17) is 11.6 Å². The number of hydrogen-bond donors (Lipinski definition) is 2. The molecule has 1 amide bonds. The molecule has 0 radical (unpaired) electrons. The number of nitrogens with one attached hydrogen (secondary N) is 2. The van der Waals surface area contributed by atoms with E-state index < -0.39 is 23.6 Å². The molecule has 0 aromatic heterocycles. The molecular weight excluding hydrogens is 365 g/mol. The number of hydrogen-bond acceptors (Lipinski definition) is 2. The lowest BCUT2D eigenvalue weighted by Gasteiger charge is -2.38. The minimum absolute atomic E-state index is 0.0223. The van der Waals surface area contributed by atoms with Gasteiger partial charge in [-0.15, -0.1) is 0 Å². The molecule has 26 heavy (non-hydrogen) atoms. The Balaban J connectivity index is 1.40. The second kappa shape index (κ2) is 8.17. The first-order valence-corrected chi connectivity index (χ1v) is 9.59. The van der Waals surface area contributed by atoms with Gasteiger partial charge in [-0.2, -0.15) is 0 Å². The molecule has 2 saturated carbocycles. The first kappa shape index (κ1) is 19.5. The van der Waals surface area contributed by atoms with E-state index >= 15 is 0 Å². The molecule has 0 aliphatic heterocycles. The molecule has 2 fully saturated rings. The van der Waals surface area contributed by atoms with Gasteiger partial charge in [-0.25, -0.2) is 13.2 Å². The van der Waals surface area contributed by atoms with Crippen LogP contribution >= 0.6 is 11.6 Å². The maximum atomic E-state index is 14.3. The Hall–Kier alpha value is -1.27. The molecule has 2 aliphatic rings. The van der Waals surface area contributed by atoms with E-state index in [0.29, 0.717) is 25.7 Å². The molecule has 3 rings (SSSR count). The molecule has 0 saturated heterocycles. The van der Waals surface area contributed by atoms with E-state index in [9.17, 15) is 18.0 Å². The third kappa shape index (κ3) is 4.92. The first-order chi connectivity index (χ1) is 12.3. The lowest BCUT2D eigenvalue weighted by atomic mass is 9.83. The number of benzene rings is 1. The molecule has 0 unspecified atom stereocenters. The molecule has 3 nitrogen and oxygen atoms in total. The predicted molar refractivity (Wildman–Crippen MR) is 95.2 cm³/mol. The Labute approximate surface area is 156 Å². The van der Waals surface area contributed by atoms with Crippen LogP contribution in [-0.4, -0.2) is 30.5 Å². The topological polar surface area (TPSA) is 41.1 Å². The molecule has 2 aliphatic carbocycles. The standard InChI is InChI=1S/C19H24ClF3N2O/c20-14-6-12(7-15(21)8-14)18(26)25-17-9-16(10-17)24-11-19(22,23)13-4-2-1-3-5-13/h6-8,13,16-17,24H,1-5,9-11H2,(H,25,26)/t16-,17-. The fourth-order valence-corrected chi connectivity index (χ4v) is 4.03. The number of alkyl halides is 2. The van der Waals surface area contributed by atoms with E-state index in [1.807, 2.05) is 0 Å². The van der Waals surface area contributed by atoms with Crippen molar-refractivity contribution in [2.24, 2.45) is 5.92 Å². The zero-order chi connectivity index (χ0) is 18.7. The summed E-state index contributed by atoms with van der Waals surface area (Å²) in [6, 6.07) is 3.55. The first-order valence-electron chi connectivity index (χ1n) is 9.21. The van der Waals surface area contributed by atoms with Gasteiger partial charge in [0.05, 0.1) is 6.54 Å². The third-order valence-corrected chi connectivity index (χ3v) is 5.65. The highest BCUT2D eigenvalue weighted by atomic mass is 35.5. The molecular formula is C19H24ClF3N2O. The second-order valence-electron chi connectivity index (χ2n) is 7.47. The average molecular weight is 389 g/mol. The van der Waals surface area contributed by atoms with Gasteiger partial charge in [0.25, 0.3) is 11.8 Å². The van der Waals surface area contributed by atoms with Gasteiger partial charge in [0.2, 0.25) is 0 Å². The maximum Gasteiger partial charge on any atom is 0.263 e. The normalized spacial score (nSPS) is 24.2. The van der Waals surface area contributed by atoms with Crippen LogP contribution in [0.25, 0.3) is 0 Å². The lowest BCUT2D eigenvalue weighted by Crippen LogP contribution is -2.55. The van der Waals surface area contributed by atoms with Gasteiger partial charge in [0.15, 0.2) is 0 Å². The monoisotopic (exact) mass is 388 g/mol. The van der Waals surface area contributed by atoms with Crippen LogP contribution in [0.15, 0.2) is 18.2 Å². The number of rotatable bonds is 6. The zero-order valence-electron chi connectivity index (χ0n) is 14.5. The van der Waals surface area contributed by atoms with Gasteiger partial charge >= 0.3 is 0 Å². The summed E-state index contributed by atoms with van der Waals surface area (Å²) < 4.78 is 41.8. The summed E-state index contributed by atoms with van der Waals surface area (Å²) in [7, 11) is 0. The van der Waals surface area contributed by atoms with Gasteiger partial charge in [0, 0.05) is 28.6 Å². The number of carbonyl (C=O) groups is 1. The van der Waals surface area contributed by atoms with Gasteiger partial charge in [-0.05, 0) is 43.9 Å². The fourth-order valence-electron chi connectivity index (χ4n) is 3.81. The van der Waals surface area contributed by atoms with Gasteiger partial charge in [0.1, 0.15) is 5.82 Å². The van der Waals surface area contributed by atoms with Crippen molar-refractivity contribution >= 4 is 17.5 Å². The molecule has 0 bridgehead atoms. The average Bonchev–Trinajstić information content (AvgIpc) is 2.56. The maximum absolute atomic E-state index is 14.3. The van der Waals surface area contributed by atoms with Crippen LogP contribution in [0.5, 0.6) is 0 Å². The van der Waals surface area contributed by atoms with Crippen LogP contribution in [0.3, 0.4) is 0 Å². The molecule has 144 valence electrons. The van der Waals surface area contributed by atoms with Crippen molar-refractivity contribution in [2.45, 2.75) is 63.0 Å². The largest absolute Gasteiger partial charge is 0.349 e. The molecule has 0 heterocycles.